The van der Waals surface area contributed by atoms with Gasteiger partial charge in [-0.15, -0.1) is 11.8 Å². The van der Waals surface area contributed by atoms with E-state index in [-0.39, 0.29) is 17.7 Å². The van der Waals surface area contributed by atoms with Crippen LogP contribution in [0.5, 0.6) is 0 Å². The molecule has 0 bridgehead atoms. The third-order valence-electron chi connectivity index (χ3n) is 3.95. The normalized spacial score (nSPS) is 27.1. The number of hydrogen-bond donors (Lipinski definition) is 1. The van der Waals surface area contributed by atoms with Crippen LogP contribution < -0.4 is 5.32 Å². The van der Waals surface area contributed by atoms with Crippen molar-refractivity contribution in [2.75, 3.05) is 18.2 Å². The summed E-state index contributed by atoms with van der Waals surface area (Å²) in [4.78, 5) is 25.8. The smallest absolute Gasteiger partial charge is 0.405 e. The van der Waals surface area contributed by atoms with Gasteiger partial charge in [-0.05, 0) is 18.6 Å². The fourth-order valence-corrected chi connectivity index (χ4v) is 3.84. The SMILES string of the molecule is O=C(NCC(F)(F)F)[C@@H]1CSCN1C(=O)[C@H]1C[C@@H]1c1ccco1. The van der Waals surface area contributed by atoms with Crippen LogP contribution in [0.4, 0.5) is 13.2 Å². The molecule has 9 heteroatoms. The van der Waals surface area contributed by atoms with Crippen molar-refractivity contribution >= 4 is 23.6 Å². The Kier molecular flexibility index (Phi) is 4.31. The summed E-state index contributed by atoms with van der Waals surface area (Å²) in [5.74, 6) is 0.171. The Balaban J connectivity index is 1.59. The summed E-state index contributed by atoms with van der Waals surface area (Å²) in [5, 5.41) is 1.86. The second-order valence-corrected chi connectivity index (χ2v) is 6.62. The van der Waals surface area contributed by atoms with Crippen LogP contribution in [0.1, 0.15) is 18.1 Å². The third-order valence-corrected chi connectivity index (χ3v) is 4.96. The van der Waals surface area contributed by atoms with Crippen molar-refractivity contribution < 1.29 is 27.2 Å². The molecule has 1 N–H and O–H groups in total. The lowest BCUT2D eigenvalue weighted by atomic mass is 10.2. The topological polar surface area (TPSA) is 62.6 Å². The molecule has 2 amide bonds. The molecule has 3 atom stereocenters. The lowest BCUT2D eigenvalue weighted by molar-refractivity contribution is -0.145. The molecule has 1 saturated heterocycles. The second-order valence-electron chi connectivity index (χ2n) is 5.62. The minimum atomic E-state index is -4.46. The van der Waals surface area contributed by atoms with Gasteiger partial charge in [-0.3, -0.25) is 9.59 Å². The second kappa shape index (κ2) is 6.10. The van der Waals surface area contributed by atoms with Gasteiger partial charge in [0.1, 0.15) is 18.3 Å². The Labute approximate surface area is 134 Å². The van der Waals surface area contributed by atoms with Gasteiger partial charge in [0.25, 0.3) is 0 Å². The average Bonchev–Trinajstić information content (AvgIpc) is 2.93. The number of amides is 2. The summed E-state index contributed by atoms with van der Waals surface area (Å²) in [6.45, 7) is -1.38. The molecule has 126 valence electrons. The fraction of sp³-hybridized carbons (Fsp3) is 0.571. The first kappa shape index (κ1) is 16.2. The Morgan fingerprint density at radius 3 is 2.87 bits per heavy atom. The van der Waals surface area contributed by atoms with Crippen molar-refractivity contribution in [3.63, 3.8) is 0 Å². The fourth-order valence-electron chi connectivity index (χ4n) is 2.68. The van der Waals surface area contributed by atoms with Gasteiger partial charge in [-0.25, -0.2) is 0 Å². The number of nitrogens with one attached hydrogen (secondary N) is 1. The Hall–Kier alpha value is -1.64. The number of halogens is 3. The van der Waals surface area contributed by atoms with E-state index in [1.54, 1.807) is 12.1 Å². The zero-order chi connectivity index (χ0) is 16.6. The standard InChI is InChI=1S/C14H15F3N2O3S/c15-14(16,17)6-18-12(20)10-5-23-7-19(10)13(21)9-4-8(9)11-2-1-3-22-11/h1-3,8-10H,4-7H2,(H,18,20)/t8-,9-,10-/m0/s1. The highest BCUT2D eigenvalue weighted by molar-refractivity contribution is 7.99. The van der Waals surface area contributed by atoms with E-state index in [1.807, 2.05) is 5.32 Å². The lowest BCUT2D eigenvalue weighted by Gasteiger charge is -2.23. The predicted octanol–water partition coefficient (Wildman–Crippen LogP) is 1.96. The zero-order valence-corrected chi connectivity index (χ0v) is 12.8. The minimum absolute atomic E-state index is 0.00184. The van der Waals surface area contributed by atoms with Crippen LogP contribution in [-0.2, 0) is 9.59 Å². The predicted molar refractivity (Wildman–Crippen MR) is 76.6 cm³/mol. The molecule has 0 aromatic carbocycles. The van der Waals surface area contributed by atoms with Gasteiger partial charge in [-0.2, -0.15) is 13.2 Å². The first-order chi connectivity index (χ1) is 10.9. The van der Waals surface area contributed by atoms with E-state index in [0.717, 1.165) is 5.76 Å². The molecule has 3 rings (SSSR count). The largest absolute Gasteiger partial charge is 0.469 e. The molecule has 1 aromatic heterocycles. The van der Waals surface area contributed by atoms with E-state index in [1.165, 1.54) is 22.9 Å². The summed E-state index contributed by atoms with van der Waals surface area (Å²) >= 11 is 1.36. The molecule has 5 nitrogen and oxygen atoms in total. The van der Waals surface area contributed by atoms with E-state index in [9.17, 15) is 22.8 Å². The molecule has 2 fully saturated rings. The maximum Gasteiger partial charge on any atom is 0.405 e. The van der Waals surface area contributed by atoms with Crippen molar-refractivity contribution in [1.82, 2.24) is 10.2 Å². The van der Waals surface area contributed by atoms with E-state index >= 15 is 0 Å². The van der Waals surface area contributed by atoms with Gasteiger partial charge in [0.05, 0.1) is 12.1 Å². The first-order valence-electron chi connectivity index (χ1n) is 7.13. The number of alkyl halides is 3. The molecular weight excluding hydrogens is 333 g/mol. The highest BCUT2D eigenvalue weighted by atomic mass is 32.2. The molecule has 2 heterocycles. The van der Waals surface area contributed by atoms with Crippen molar-refractivity contribution in [3.05, 3.63) is 24.2 Å². The Morgan fingerprint density at radius 2 is 2.22 bits per heavy atom. The van der Waals surface area contributed by atoms with Gasteiger partial charge in [0, 0.05) is 17.6 Å². The average molecular weight is 348 g/mol. The molecule has 1 aliphatic heterocycles. The van der Waals surface area contributed by atoms with Crippen LogP contribution >= 0.6 is 11.8 Å². The summed E-state index contributed by atoms with van der Waals surface area (Å²) in [6.07, 6.45) is -2.28. The molecule has 2 aliphatic rings. The summed E-state index contributed by atoms with van der Waals surface area (Å²) in [5.41, 5.74) is 0. The van der Waals surface area contributed by atoms with Crippen LogP contribution in [0.15, 0.2) is 22.8 Å². The number of carbonyl (C=O) groups excluding carboxylic acids is 2. The van der Waals surface area contributed by atoms with Crippen LogP contribution in [0.25, 0.3) is 0 Å². The van der Waals surface area contributed by atoms with Crippen LogP contribution in [0, 0.1) is 5.92 Å². The molecule has 0 unspecified atom stereocenters. The van der Waals surface area contributed by atoms with E-state index in [4.69, 9.17) is 4.42 Å². The molecule has 0 spiro atoms. The Morgan fingerprint density at radius 1 is 1.43 bits per heavy atom. The lowest BCUT2D eigenvalue weighted by Crippen LogP contribution is -2.49. The van der Waals surface area contributed by atoms with Crippen molar-refractivity contribution in [2.45, 2.75) is 24.6 Å². The highest BCUT2D eigenvalue weighted by Crippen LogP contribution is 2.49. The quantitative estimate of drug-likeness (QED) is 0.904. The summed E-state index contributed by atoms with van der Waals surface area (Å²) in [6, 6.07) is 2.70. The van der Waals surface area contributed by atoms with Crippen LogP contribution in [0.2, 0.25) is 0 Å². The number of nitrogens with zero attached hydrogens (tertiary/aromatic N) is 1. The molecule has 1 aromatic rings. The van der Waals surface area contributed by atoms with Crippen molar-refractivity contribution in [1.29, 1.82) is 0 Å². The molecule has 0 radical (unpaired) electrons. The minimum Gasteiger partial charge on any atom is -0.469 e. The van der Waals surface area contributed by atoms with Gasteiger partial charge in [0.15, 0.2) is 0 Å². The summed E-state index contributed by atoms with van der Waals surface area (Å²) in [7, 11) is 0. The summed E-state index contributed by atoms with van der Waals surface area (Å²) < 4.78 is 41.9. The number of rotatable bonds is 4. The molecule has 1 aliphatic carbocycles. The van der Waals surface area contributed by atoms with Crippen molar-refractivity contribution in [2.24, 2.45) is 5.92 Å². The number of carbonyl (C=O) groups is 2. The number of hydrogen-bond acceptors (Lipinski definition) is 4. The van der Waals surface area contributed by atoms with Gasteiger partial charge in [0.2, 0.25) is 11.8 Å². The highest BCUT2D eigenvalue weighted by Gasteiger charge is 2.50. The van der Waals surface area contributed by atoms with Crippen LogP contribution in [-0.4, -0.2) is 47.1 Å². The number of thioether (sulfide) groups is 1. The monoisotopic (exact) mass is 348 g/mol. The van der Waals surface area contributed by atoms with Crippen LogP contribution in [0.3, 0.4) is 0 Å². The van der Waals surface area contributed by atoms with Gasteiger partial charge >= 0.3 is 6.18 Å². The third kappa shape index (κ3) is 3.65. The molecular formula is C14H15F3N2O3S. The van der Waals surface area contributed by atoms with E-state index in [2.05, 4.69) is 0 Å². The Bertz CT molecular complexity index is 591. The van der Waals surface area contributed by atoms with E-state index < -0.39 is 24.7 Å². The van der Waals surface area contributed by atoms with Crippen molar-refractivity contribution in [3.8, 4) is 0 Å². The van der Waals surface area contributed by atoms with E-state index in [0.29, 0.717) is 18.1 Å². The number of furan rings is 1. The maximum absolute atomic E-state index is 12.5. The molecule has 1 saturated carbocycles. The van der Waals surface area contributed by atoms with Gasteiger partial charge in [-0.1, -0.05) is 0 Å². The maximum atomic E-state index is 12.5. The molecule has 23 heavy (non-hydrogen) atoms. The first-order valence-corrected chi connectivity index (χ1v) is 8.28. The van der Waals surface area contributed by atoms with Gasteiger partial charge < -0.3 is 14.6 Å². The zero-order valence-electron chi connectivity index (χ0n) is 12.0.